The van der Waals surface area contributed by atoms with Crippen LogP contribution < -0.4 is 4.74 Å². The number of hydrogen-bond donors (Lipinski definition) is 0. The average molecular weight is 655 g/mol. The Kier molecular flexibility index (Phi) is 8.35. The van der Waals surface area contributed by atoms with E-state index in [1.165, 1.54) is 10.4 Å². The van der Waals surface area contributed by atoms with Crippen molar-refractivity contribution in [3.63, 3.8) is 0 Å². The van der Waals surface area contributed by atoms with Crippen LogP contribution in [0.15, 0.2) is 44.3 Å². The van der Waals surface area contributed by atoms with Crippen molar-refractivity contribution in [3.8, 4) is 11.8 Å². The van der Waals surface area contributed by atoms with Gasteiger partial charge in [0.05, 0.1) is 14.5 Å². The molecule has 0 bridgehead atoms. The maximum Gasteiger partial charge on any atom is 0.148 e. The summed E-state index contributed by atoms with van der Waals surface area (Å²) in [6.07, 6.45) is 4.89. The zero-order chi connectivity index (χ0) is 25.3. The fourth-order valence-electron chi connectivity index (χ4n) is 4.23. The second kappa shape index (κ2) is 10.9. The molecular weight excluding hydrogens is 631 g/mol. The Morgan fingerprint density at radius 1 is 1.20 bits per heavy atom. The van der Waals surface area contributed by atoms with Crippen molar-refractivity contribution in [2.45, 2.75) is 46.6 Å². The van der Waals surface area contributed by atoms with Gasteiger partial charge in [-0.05, 0) is 97.8 Å². The first-order valence-electron chi connectivity index (χ1n) is 11.2. The number of nitrogens with zero attached hydrogens (tertiary/aromatic N) is 2. The molecule has 1 aliphatic carbocycles. The smallest absolute Gasteiger partial charge is 0.148 e. The van der Waals surface area contributed by atoms with E-state index in [-0.39, 0.29) is 5.41 Å². The number of thiophene rings is 1. The molecule has 8 heteroatoms. The molecule has 0 amide bonds. The third-order valence-electron chi connectivity index (χ3n) is 6.32. The Morgan fingerprint density at radius 3 is 2.54 bits per heavy atom. The van der Waals surface area contributed by atoms with Crippen LogP contribution in [-0.4, -0.2) is 6.21 Å². The minimum atomic E-state index is 0.263. The summed E-state index contributed by atoms with van der Waals surface area (Å²) in [6, 6.07) is 11.6. The quantitative estimate of drug-likeness (QED) is 0.257. The third-order valence-corrected chi connectivity index (χ3v) is 9.25. The topological polar surface area (TPSA) is 45.4 Å². The van der Waals surface area contributed by atoms with Crippen molar-refractivity contribution in [2.24, 2.45) is 16.3 Å². The molecule has 0 N–H and O–H groups in total. The zero-order valence-electron chi connectivity index (χ0n) is 19.6. The number of halogens is 4. The third kappa shape index (κ3) is 6.14. The van der Waals surface area contributed by atoms with Crippen molar-refractivity contribution in [1.82, 2.24) is 0 Å². The van der Waals surface area contributed by atoms with Gasteiger partial charge in [0.2, 0.25) is 0 Å². The summed E-state index contributed by atoms with van der Waals surface area (Å²) in [6.45, 7) is 7.21. The van der Waals surface area contributed by atoms with Crippen LogP contribution in [0.25, 0.3) is 0 Å². The monoisotopic (exact) mass is 652 g/mol. The van der Waals surface area contributed by atoms with Crippen molar-refractivity contribution >= 4 is 77.6 Å². The van der Waals surface area contributed by atoms with Crippen LogP contribution in [0, 0.1) is 22.7 Å². The van der Waals surface area contributed by atoms with Crippen molar-refractivity contribution in [3.05, 3.63) is 76.5 Å². The first-order valence-corrected chi connectivity index (χ1v) is 14.4. The Labute approximate surface area is 237 Å². The molecular formula is C27H24Br2Cl2N2OS. The summed E-state index contributed by atoms with van der Waals surface area (Å²) in [5, 5.41) is 11.8. The Morgan fingerprint density at radius 2 is 1.91 bits per heavy atom. The molecule has 0 saturated carbocycles. The number of rotatable bonds is 5. The Balaban J connectivity index is 1.53. The highest BCUT2D eigenvalue weighted by Gasteiger charge is 2.32. The second-order valence-electron chi connectivity index (χ2n) is 9.70. The van der Waals surface area contributed by atoms with Crippen LogP contribution in [0.5, 0.6) is 5.75 Å². The lowest BCUT2D eigenvalue weighted by atomic mass is 9.72. The molecule has 1 atom stereocenters. The summed E-state index contributed by atoms with van der Waals surface area (Å²) in [5.41, 5.74) is 3.92. The van der Waals surface area contributed by atoms with E-state index in [2.05, 4.69) is 58.7 Å². The molecule has 1 aromatic heterocycles. The van der Waals surface area contributed by atoms with Gasteiger partial charge in [-0.1, -0.05) is 50.0 Å². The molecule has 0 fully saturated rings. The lowest BCUT2D eigenvalue weighted by Gasteiger charge is -2.33. The first kappa shape index (κ1) is 26.7. The maximum atomic E-state index is 9.83. The zero-order valence-corrected chi connectivity index (χ0v) is 25.1. The van der Waals surface area contributed by atoms with E-state index in [1.54, 1.807) is 29.7 Å². The van der Waals surface area contributed by atoms with Gasteiger partial charge < -0.3 is 4.74 Å². The number of nitriles is 1. The maximum absolute atomic E-state index is 9.83. The largest absolute Gasteiger partial charge is 0.486 e. The van der Waals surface area contributed by atoms with E-state index < -0.39 is 0 Å². The van der Waals surface area contributed by atoms with Gasteiger partial charge in [-0.3, -0.25) is 0 Å². The van der Waals surface area contributed by atoms with Crippen molar-refractivity contribution in [1.29, 1.82) is 5.26 Å². The van der Waals surface area contributed by atoms with E-state index >= 15 is 0 Å². The molecule has 35 heavy (non-hydrogen) atoms. The fourth-order valence-corrected chi connectivity index (χ4v) is 7.37. The highest BCUT2D eigenvalue weighted by molar-refractivity contribution is 9.11. The highest BCUT2D eigenvalue weighted by Crippen LogP contribution is 2.45. The summed E-state index contributed by atoms with van der Waals surface area (Å²) in [7, 11) is 0. The van der Waals surface area contributed by atoms with E-state index in [1.807, 2.05) is 18.2 Å². The van der Waals surface area contributed by atoms with Gasteiger partial charge in [-0.2, -0.15) is 5.26 Å². The molecule has 0 saturated heterocycles. The molecule has 2 aromatic carbocycles. The van der Waals surface area contributed by atoms with Gasteiger partial charge in [0.25, 0.3) is 0 Å². The average Bonchev–Trinajstić information content (AvgIpc) is 3.14. The van der Waals surface area contributed by atoms with E-state index in [4.69, 9.17) is 32.9 Å². The number of benzene rings is 2. The second-order valence-corrected chi connectivity index (χ2v) is 13.3. The number of aliphatic imine (C=N–C) groups is 1. The summed E-state index contributed by atoms with van der Waals surface area (Å²) in [4.78, 5) is 6.04. The molecule has 1 aliphatic rings. The van der Waals surface area contributed by atoms with Gasteiger partial charge in [0.15, 0.2) is 0 Å². The van der Waals surface area contributed by atoms with E-state index in [0.717, 1.165) is 49.9 Å². The molecule has 4 rings (SSSR count). The van der Waals surface area contributed by atoms with Crippen LogP contribution in [0.2, 0.25) is 10.0 Å². The lowest BCUT2D eigenvalue weighted by molar-refractivity contribution is 0.218. The van der Waals surface area contributed by atoms with Crippen LogP contribution in [0.1, 0.15) is 54.3 Å². The minimum Gasteiger partial charge on any atom is -0.486 e. The predicted molar refractivity (Wildman–Crippen MR) is 154 cm³/mol. The summed E-state index contributed by atoms with van der Waals surface area (Å²) < 4.78 is 7.59. The van der Waals surface area contributed by atoms with Crippen molar-refractivity contribution < 1.29 is 4.74 Å². The molecule has 3 aromatic rings. The molecule has 0 aliphatic heterocycles. The van der Waals surface area contributed by atoms with Gasteiger partial charge in [-0.15, -0.1) is 11.3 Å². The van der Waals surface area contributed by atoms with E-state index in [9.17, 15) is 5.26 Å². The van der Waals surface area contributed by atoms with Crippen LogP contribution in [-0.2, 0) is 19.4 Å². The standard InChI is InChI=1S/C27H24Br2Cl2N2OS/c1-27(2,3)17-5-7-19-20(12-32)26(35-24(19)10-17)33-13-15-8-21(28)25(22(29)9-15)34-14-16-4-6-18(30)11-23(16)31/h4,6,8-9,11,13,17H,5,7,10,14H2,1-3H3/t17-/m1/s1. The Hall–Kier alpha value is -1.36. The molecule has 0 unspecified atom stereocenters. The minimum absolute atomic E-state index is 0.263. The highest BCUT2D eigenvalue weighted by atomic mass is 79.9. The lowest BCUT2D eigenvalue weighted by Crippen LogP contribution is -2.26. The molecule has 0 spiro atoms. The normalized spacial score (nSPS) is 15.8. The predicted octanol–water partition coefficient (Wildman–Crippen LogP) is 9.93. The SMILES string of the molecule is CC(C)(C)[C@@H]1CCc2c(sc(N=Cc3cc(Br)c(OCc4ccc(Cl)cc4Cl)c(Br)c3)c2C#N)C1. The van der Waals surface area contributed by atoms with Gasteiger partial charge in [0, 0.05) is 26.7 Å². The van der Waals surface area contributed by atoms with Crippen molar-refractivity contribution in [2.75, 3.05) is 0 Å². The van der Waals surface area contributed by atoms with Gasteiger partial charge >= 0.3 is 0 Å². The molecule has 182 valence electrons. The van der Waals surface area contributed by atoms with Crippen LogP contribution in [0.3, 0.4) is 0 Å². The number of ether oxygens (including phenoxy) is 1. The fraction of sp³-hybridized carbons (Fsp3) is 0.333. The number of fused-ring (bicyclic) bond motifs is 1. The summed E-state index contributed by atoms with van der Waals surface area (Å²) in [5.74, 6) is 1.30. The first-order chi connectivity index (χ1) is 16.6. The van der Waals surface area contributed by atoms with E-state index in [0.29, 0.717) is 28.3 Å². The van der Waals surface area contributed by atoms with Gasteiger partial charge in [-0.25, -0.2) is 4.99 Å². The summed E-state index contributed by atoms with van der Waals surface area (Å²) >= 11 is 21.1. The Bertz CT molecular complexity index is 1320. The molecule has 0 radical (unpaired) electrons. The number of hydrogen-bond acceptors (Lipinski definition) is 4. The van der Waals surface area contributed by atoms with Crippen LogP contribution in [0.4, 0.5) is 5.00 Å². The molecule has 1 heterocycles. The molecule has 3 nitrogen and oxygen atoms in total. The van der Waals surface area contributed by atoms with Crippen LogP contribution >= 0.6 is 66.4 Å². The van der Waals surface area contributed by atoms with Gasteiger partial charge in [0.1, 0.15) is 23.4 Å².